The van der Waals surface area contributed by atoms with Crippen molar-refractivity contribution in [2.24, 2.45) is 5.73 Å². The molecule has 2 N–H and O–H groups in total. The molecule has 50 valence electrons. The SMILES string of the molecule is CC#CC/C=C(/C)CN. The Kier molecular flexibility index (Phi) is 4.95. The minimum Gasteiger partial charge on any atom is -0.327 e. The lowest BCUT2D eigenvalue weighted by Crippen LogP contribution is -1.98. The van der Waals surface area contributed by atoms with Crippen LogP contribution in [0.15, 0.2) is 11.6 Å². The lowest BCUT2D eigenvalue weighted by atomic mass is 10.2. The molecule has 0 fully saturated rings. The Morgan fingerprint density at radius 3 is 2.78 bits per heavy atom. The molecule has 0 aromatic rings. The fraction of sp³-hybridized carbons (Fsp3) is 0.500. The summed E-state index contributed by atoms with van der Waals surface area (Å²) in [5, 5.41) is 0. The van der Waals surface area contributed by atoms with Crippen LogP contribution in [-0.2, 0) is 0 Å². The first-order chi connectivity index (χ1) is 4.31. The first kappa shape index (κ1) is 8.26. The standard InChI is InChI=1S/C8H13N/c1-3-4-5-6-8(2)7-9/h6H,5,7,9H2,1-2H3/b8-6-. The molecule has 0 aromatic heterocycles. The fourth-order valence-electron chi connectivity index (χ4n) is 0.411. The van der Waals surface area contributed by atoms with Gasteiger partial charge in [0.25, 0.3) is 0 Å². The van der Waals surface area contributed by atoms with E-state index in [1.165, 1.54) is 5.57 Å². The maximum absolute atomic E-state index is 5.34. The molecule has 0 aliphatic heterocycles. The van der Waals surface area contributed by atoms with E-state index in [1.807, 2.05) is 13.8 Å². The Morgan fingerprint density at radius 2 is 2.33 bits per heavy atom. The highest BCUT2D eigenvalue weighted by Gasteiger charge is 1.78. The summed E-state index contributed by atoms with van der Waals surface area (Å²) in [6, 6.07) is 0. The number of nitrogens with two attached hydrogens (primary N) is 1. The third kappa shape index (κ3) is 5.13. The minimum atomic E-state index is 0.644. The number of hydrogen-bond donors (Lipinski definition) is 1. The average Bonchev–Trinajstić information content (AvgIpc) is 1.89. The van der Waals surface area contributed by atoms with Gasteiger partial charge in [-0.3, -0.25) is 0 Å². The van der Waals surface area contributed by atoms with Gasteiger partial charge >= 0.3 is 0 Å². The molecule has 1 heteroatoms. The molecule has 0 aliphatic rings. The lowest BCUT2D eigenvalue weighted by Gasteiger charge is -1.89. The third-order valence-electron chi connectivity index (χ3n) is 1.05. The normalized spacial score (nSPS) is 10.3. The Balaban J connectivity index is 3.52. The van der Waals surface area contributed by atoms with Crippen molar-refractivity contribution >= 4 is 0 Å². The predicted octanol–water partition coefficient (Wildman–Crippen LogP) is 1.30. The summed E-state index contributed by atoms with van der Waals surface area (Å²) in [6.45, 7) is 4.49. The third-order valence-corrected chi connectivity index (χ3v) is 1.05. The summed E-state index contributed by atoms with van der Waals surface area (Å²) in [5.74, 6) is 5.74. The van der Waals surface area contributed by atoms with Gasteiger partial charge in [-0.05, 0) is 13.8 Å². The van der Waals surface area contributed by atoms with Gasteiger partial charge in [-0.25, -0.2) is 0 Å². The summed E-state index contributed by atoms with van der Waals surface area (Å²) < 4.78 is 0. The van der Waals surface area contributed by atoms with Gasteiger partial charge < -0.3 is 5.73 Å². The van der Waals surface area contributed by atoms with Crippen LogP contribution in [0.4, 0.5) is 0 Å². The van der Waals surface area contributed by atoms with Crippen LogP contribution in [0.3, 0.4) is 0 Å². The molecule has 0 radical (unpaired) electrons. The molecule has 0 unspecified atom stereocenters. The molecule has 0 saturated heterocycles. The van der Waals surface area contributed by atoms with Gasteiger partial charge in [-0.15, -0.1) is 5.92 Å². The summed E-state index contributed by atoms with van der Waals surface area (Å²) in [4.78, 5) is 0. The zero-order chi connectivity index (χ0) is 7.11. The largest absolute Gasteiger partial charge is 0.327 e. The Bertz CT molecular complexity index is 146. The van der Waals surface area contributed by atoms with Crippen molar-refractivity contribution < 1.29 is 0 Å². The summed E-state index contributed by atoms with van der Waals surface area (Å²) in [5.41, 5.74) is 6.54. The van der Waals surface area contributed by atoms with Crippen LogP contribution in [0.25, 0.3) is 0 Å². The molecule has 0 rings (SSSR count). The second-order valence-electron chi connectivity index (χ2n) is 1.89. The summed E-state index contributed by atoms with van der Waals surface area (Å²) in [6.07, 6.45) is 2.88. The summed E-state index contributed by atoms with van der Waals surface area (Å²) in [7, 11) is 0. The first-order valence-corrected chi connectivity index (χ1v) is 3.06. The van der Waals surface area contributed by atoms with E-state index in [4.69, 9.17) is 5.73 Å². The highest BCUT2D eigenvalue weighted by atomic mass is 14.5. The highest BCUT2D eigenvalue weighted by Crippen LogP contribution is 1.89. The number of rotatable bonds is 2. The van der Waals surface area contributed by atoms with Crippen molar-refractivity contribution in [2.45, 2.75) is 20.3 Å². The smallest absolute Gasteiger partial charge is 0.0272 e. The van der Waals surface area contributed by atoms with E-state index in [0.29, 0.717) is 6.54 Å². The molecule has 0 aromatic carbocycles. The minimum absolute atomic E-state index is 0.644. The van der Waals surface area contributed by atoms with Gasteiger partial charge in [-0.2, -0.15) is 0 Å². The molecular weight excluding hydrogens is 110 g/mol. The zero-order valence-corrected chi connectivity index (χ0v) is 6.07. The van der Waals surface area contributed by atoms with Gasteiger partial charge in [0.1, 0.15) is 0 Å². The van der Waals surface area contributed by atoms with Crippen molar-refractivity contribution in [3.8, 4) is 11.8 Å². The Hall–Kier alpha value is -0.740. The van der Waals surface area contributed by atoms with Crippen molar-refractivity contribution in [3.05, 3.63) is 11.6 Å². The van der Waals surface area contributed by atoms with E-state index >= 15 is 0 Å². The van der Waals surface area contributed by atoms with Gasteiger partial charge in [-0.1, -0.05) is 17.6 Å². The topological polar surface area (TPSA) is 26.0 Å². The molecule has 0 aliphatic carbocycles. The average molecular weight is 123 g/mol. The van der Waals surface area contributed by atoms with E-state index in [1.54, 1.807) is 0 Å². The lowest BCUT2D eigenvalue weighted by molar-refractivity contribution is 1.12. The van der Waals surface area contributed by atoms with Gasteiger partial charge in [0.2, 0.25) is 0 Å². The van der Waals surface area contributed by atoms with Crippen LogP contribution < -0.4 is 5.73 Å². The van der Waals surface area contributed by atoms with E-state index in [9.17, 15) is 0 Å². The first-order valence-electron chi connectivity index (χ1n) is 3.06. The van der Waals surface area contributed by atoms with Crippen LogP contribution in [0, 0.1) is 11.8 Å². The molecule has 0 saturated carbocycles. The van der Waals surface area contributed by atoms with Crippen LogP contribution in [0.5, 0.6) is 0 Å². The van der Waals surface area contributed by atoms with Gasteiger partial charge in [0.05, 0.1) is 0 Å². The van der Waals surface area contributed by atoms with Crippen LogP contribution in [0.1, 0.15) is 20.3 Å². The predicted molar refractivity (Wildman–Crippen MR) is 40.9 cm³/mol. The molecule has 0 bridgehead atoms. The van der Waals surface area contributed by atoms with Gasteiger partial charge in [0, 0.05) is 13.0 Å². The maximum atomic E-state index is 5.34. The van der Waals surface area contributed by atoms with Crippen molar-refractivity contribution in [3.63, 3.8) is 0 Å². The van der Waals surface area contributed by atoms with E-state index < -0.39 is 0 Å². The number of hydrogen-bond acceptors (Lipinski definition) is 1. The molecule has 0 atom stereocenters. The molecule has 0 amide bonds. The van der Waals surface area contributed by atoms with E-state index in [0.717, 1.165) is 6.42 Å². The molecule has 0 spiro atoms. The molecule has 1 nitrogen and oxygen atoms in total. The van der Waals surface area contributed by atoms with Crippen molar-refractivity contribution in [1.82, 2.24) is 0 Å². The van der Waals surface area contributed by atoms with Crippen LogP contribution in [0.2, 0.25) is 0 Å². The maximum Gasteiger partial charge on any atom is 0.0272 e. The van der Waals surface area contributed by atoms with Crippen LogP contribution >= 0.6 is 0 Å². The second kappa shape index (κ2) is 5.40. The van der Waals surface area contributed by atoms with Crippen molar-refractivity contribution in [1.29, 1.82) is 0 Å². The fourth-order valence-corrected chi connectivity index (χ4v) is 0.411. The molecule has 9 heavy (non-hydrogen) atoms. The second-order valence-corrected chi connectivity index (χ2v) is 1.89. The molecule has 0 heterocycles. The summed E-state index contributed by atoms with van der Waals surface area (Å²) >= 11 is 0. The Labute approximate surface area is 56.9 Å². The molecular formula is C8H13N. The van der Waals surface area contributed by atoms with Crippen LogP contribution in [-0.4, -0.2) is 6.54 Å². The highest BCUT2D eigenvalue weighted by molar-refractivity contribution is 5.07. The number of allylic oxidation sites excluding steroid dienone is 1. The van der Waals surface area contributed by atoms with Crippen molar-refractivity contribution in [2.75, 3.05) is 6.54 Å². The van der Waals surface area contributed by atoms with E-state index in [-0.39, 0.29) is 0 Å². The Morgan fingerprint density at radius 1 is 1.67 bits per heavy atom. The zero-order valence-electron chi connectivity index (χ0n) is 6.07. The monoisotopic (exact) mass is 123 g/mol. The van der Waals surface area contributed by atoms with E-state index in [2.05, 4.69) is 17.9 Å². The quantitative estimate of drug-likeness (QED) is 0.435. The van der Waals surface area contributed by atoms with Gasteiger partial charge in [0.15, 0.2) is 0 Å².